The van der Waals surface area contributed by atoms with Crippen LogP contribution >= 0.6 is 0 Å². The van der Waals surface area contributed by atoms with Crippen LogP contribution in [0.2, 0.25) is 0 Å². The molecule has 0 aliphatic rings. The summed E-state index contributed by atoms with van der Waals surface area (Å²) >= 11 is 0. The van der Waals surface area contributed by atoms with Crippen molar-refractivity contribution < 1.29 is 4.39 Å². The zero-order valence-corrected chi connectivity index (χ0v) is 7.50. The summed E-state index contributed by atoms with van der Waals surface area (Å²) in [4.78, 5) is 3.70. The Morgan fingerprint density at radius 2 is 2.33 bits per heavy atom. The molecule has 0 saturated heterocycles. The van der Waals surface area contributed by atoms with Crippen LogP contribution in [0.5, 0.6) is 0 Å². The molecule has 0 aliphatic heterocycles. The maximum atomic E-state index is 12.9. The molecule has 0 spiro atoms. The number of halogens is 1. The van der Waals surface area contributed by atoms with Crippen molar-refractivity contribution in [2.45, 2.75) is 20.3 Å². The van der Waals surface area contributed by atoms with Crippen molar-refractivity contribution in [3.8, 4) is 0 Å². The van der Waals surface area contributed by atoms with Crippen LogP contribution in [0.15, 0.2) is 29.3 Å². The van der Waals surface area contributed by atoms with Gasteiger partial charge in [0.1, 0.15) is 5.83 Å². The minimum atomic E-state index is -0.147. The summed E-state index contributed by atoms with van der Waals surface area (Å²) in [5.41, 5.74) is 5.02. The van der Waals surface area contributed by atoms with Gasteiger partial charge in [-0.3, -0.25) is 4.99 Å². The van der Waals surface area contributed by atoms with Gasteiger partial charge >= 0.3 is 0 Å². The monoisotopic (exact) mass is 170 g/mol. The topological polar surface area (TPSA) is 38.4 Å². The third-order valence-corrected chi connectivity index (χ3v) is 1.58. The number of hydrogen-bond acceptors (Lipinski definition) is 2. The Hall–Kier alpha value is -1.12. The van der Waals surface area contributed by atoms with Gasteiger partial charge in [-0.25, -0.2) is 4.39 Å². The number of rotatable bonds is 4. The van der Waals surface area contributed by atoms with E-state index in [2.05, 4.69) is 4.99 Å². The van der Waals surface area contributed by atoms with Crippen LogP contribution in [0.3, 0.4) is 0 Å². The van der Waals surface area contributed by atoms with Crippen LogP contribution in [0.25, 0.3) is 0 Å². The summed E-state index contributed by atoms with van der Waals surface area (Å²) < 4.78 is 12.9. The zero-order valence-electron chi connectivity index (χ0n) is 7.50. The van der Waals surface area contributed by atoms with Crippen LogP contribution in [-0.2, 0) is 0 Å². The Labute approximate surface area is 72.7 Å². The highest BCUT2D eigenvalue weighted by molar-refractivity contribution is 5.72. The fourth-order valence-corrected chi connectivity index (χ4v) is 0.573. The molecule has 0 fully saturated rings. The molecular weight excluding hydrogens is 155 g/mol. The van der Waals surface area contributed by atoms with Crippen LogP contribution in [0, 0.1) is 5.92 Å². The Bertz CT molecular complexity index is 195. The first-order valence-corrected chi connectivity index (χ1v) is 3.98. The molecule has 0 amide bonds. The molecule has 0 heterocycles. The Morgan fingerprint density at radius 1 is 1.67 bits per heavy atom. The van der Waals surface area contributed by atoms with Gasteiger partial charge in [0, 0.05) is 24.5 Å². The standard InChI is InChI=1S/C9H15FN2/c1-3-8(2)9(10)4-6-12-7-5-11/h4-8H,3,11H2,1-2H3/b7-5+,9-4-,12-6-. The van der Waals surface area contributed by atoms with Gasteiger partial charge in [0.05, 0.1) is 0 Å². The average molecular weight is 170 g/mol. The van der Waals surface area contributed by atoms with Gasteiger partial charge in [0.25, 0.3) is 0 Å². The van der Waals surface area contributed by atoms with Crippen molar-refractivity contribution in [2.75, 3.05) is 0 Å². The Balaban J connectivity index is 3.99. The van der Waals surface area contributed by atoms with E-state index in [9.17, 15) is 4.39 Å². The molecule has 1 unspecified atom stereocenters. The number of aliphatic imine (C=N–C) groups is 1. The third-order valence-electron chi connectivity index (χ3n) is 1.58. The molecule has 2 N–H and O–H groups in total. The summed E-state index contributed by atoms with van der Waals surface area (Å²) in [5, 5.41) is 0. The molecule has 2 nitrogen and oxygen atoms in total. The average Bonchev–Trinajstić information content (AvgIpc) is 2.10. The highest BCUT2D eigenvalue weighted by atomic mass is 19.1. The second-order valence-electron chi connectivity index (χ2n) is 2.50. The lowest BCUT2D eigenvalue weighted by Crippen LogP contribution is -1.91. The van der Waals surface area contributed by atoms with Crippen LogP contribution in [0.4, 0.5) is 4.39 Å². The maximum Gasteiger partial charge on any atom is 0.104 e. The van der Waals surface area contributed by atoms with Gasteiger partial charge in [-0.1, -0.05) is 13.8 Å². The van der Waals surface area contributed by atoms with Crippen LogP contribution in [-0.4, -0.2) is 6.21 Å². The third kappa shape index (κ3) is 4.66. The molecule has 0 aromatic heterocycles. The largest absolute Gasteiger partial charge is 0.403 e. The quantitative estimate of drug-likeness (QED) is 0.646. The van der Waals surface area contributed by atoms with E-state index in [4.69, 9.17) is 5.73 Å². The van der Waals surface area contributed by atoms with E-state index in [1.807, 2.05) is 13.8 Å². The van der Waals surface area contributed by atoms with Crippen LogP contribution in [0.1, 0.15) is 20.3 Å². The van der Waals surface area contributed by atoms with E-state index in [1.54, 1.807) is 0 Å². The highest BCUT2D eigenvalue weighted by Crippen LogP contribution is 2.13. The molecule has 12 heavy (non-hydrogen) atoms. The van der Waals surface area contributed by atoms with E-state index in [0.29, 0.717) is 0 Å². The predicted molar refractivity (Wildman–Crippen MR) is 50.5 cm³/mol. The van der Waals surface area contributed by atoms with Gasteiger partial charge < -0.3 is 5.73 Å². The summed E-state index contributed by atoms with van der Waals surface area (Å²) in [7, 11) is 0. The van der Waals surface area contributed by atoms with Crippen molar-refractivity contribution in [1.29, 1.82) is 0 Å². The molecule has 0 rings (SSSR count). The number of nitrogens with zero attached hydrogens (tertiary/aromatic N) is 1. The Kier molecular flexibility index (Phi) is 5.97. The molecular formula is C9H15FN2. The van der Waals surface area contributed by atoms with E-state index in [-0.39, 0.29) is 11.7 Å². The number of allylic oxidation sites excluding steroid dienone is 2. The predicted octanol–water partition coefficient (Wildman–Crippen LogP) is 2.39. The number of hydrogen-bond donors (Lipinski definition) is 1. The molecule has 0 aromatic rings. The van der Waals surface area contributed by atoms with Crippen molar-refractivity contribution in [2.24, 2.45) is 16.6 Å². The maximum absolute atomic E-state index is 12.9. The first kappa shape index (κ1) is 10.9. The minimum Gasteiger partial charge on any atom is -0.403 e. The normalized spacial score (nSPS) is 16.1. The first-order valence-electron chi connectivity index (χ1n) is 3.98. The minimum absolute atomic E-state index is 0.0293. The van der Waals surface area contributed by atoms with Gasteiger partial charge in [0.15, 0.2) is 0 Å². The first-order chi connectivity index (χ1) is 5.72. The van der Waals surface area contributed by atoms with Crippen molar-refractivity contribution >= 4 is 6.21 Å². The second kappa shape index (κ2) is 6.58. The van der Waals surface area contributed by atoms with Gasteiger partial charge in [-0.15, -0.1) is 0 Å². The molecule has 1 atom stereocenters. The van der Waals surface area contributed by atoms with E-state index in [1.165, 1.54) is 24.7 Å². The fraction of sp³-hybridized carbons (Fsp3) is 0.444. The second-order valence-corrected chi connectivity index (χ2v) is 2.50. The molecule has 0 aliphatic carbocycles. The summed E-state index contributed by atoms with van der Waals surface area (Å²) in [5.74, 6) is -0.176. The van der Waals surface area contributed by atoms with Crippen LogP contribution < -0.4 is 5.73 Å². The van der Waals surface area contributed by atoms with E-state index < -0.39 is 0 Å². The molecule has 0 radical (unpaired) electrons. The van der Waals surface area contributed by atoms with Crippen molar-refractivity contribution in [3.05, 3.63) is 24.3 Å². The summed E-state index contributed by atoms with van der Waals surface area (Å²) in [6.07, 6.45) is 6.24. The van der Waals surface area contributed by atoms with Gasteiger partial charge in [0.2, 0.25) is 0 Å². The van der Waals surface area contributed by atoms with Gasteiger partial charge in [-0.2, -0.15) is 0 Å². The molecule has 0 aromatic carbocycles. The molecule has 68 valence electrons. The van der Waals surface area contributed by atoms with E-state index >= 15 is 0 Å². The van der Waals surface area contributed by atoms with E-state index in [0.717, 1.165) is 6.42 Å². The van der Waals surface area contributed by atoms with Crippen molar-refractivity contribution in [1.82, 2.24) is 0 Å². The highest BCUT2D eigenvalue weighted by Gasteiger charge is 2.02. The molecule has 3 heteroatoms. The van der Waals surface area contributed by atoms with Gasteiger partial charge in [-0.05, 0) is 12.5 Å². The molecule has 0 saturated carbocycles. The Morgan fingerprint density at radius 3 is 2.83 bits per heavy atom. The van der Waals surface area contributed by atoms with Crippen molar-refractivity contribution in [3.63, 3.8) is 0 Å². The smallest absolute Gasteiger partial charge is 0.104 e. The fourth-order valence-electron chi connectivity index (χ4n) is 0.573. The lowest BCUT2D eigenvalue weighted by atomic mass is 10.1. The molecule has 0 bridgehead atoms. The SMILES string of the molecule is CCC(C)/C(F)=C/C=N\C=C\N. The number of nitrogens with two attached hydrogens (primary N) is 1. The summed E-state index contributed by atoms with van der Waals surface area (Å²) in [6.45, 7) is 3.77. The lowest BCUT2D eigenvalue weighted by molar-refractivity contribution is 0.484. The summed E-state index contributed by atoms with van der Waals surface area (Å²) in [6, 6.07) is 0. The zero-order chi connectivity index (χ0) is 9.40. The lowest BCUT2D eigenvalue weighted by Gasteiger charge is -2.02.